The maximum atomic E-state index is 12.5. The number of carbonyl (C=O) groups excluding carboxylic acids is 1. The van der Waals surface area contributed by atoms with Crippen LogP contribution in [-0.2, 0) is 17.8 Å². The Labute approximate surface area is 181 Å². The molecule has 3 aromatic rings. The largest absolute Gasteiger partial charge is 0.493 e. The van der Waals surface area contributed by atoms with E-state index in [0.29, 0.717) is 47.9 Å². The molecule has 0 bridgehead atoms. The number of aromatic amines is 1. The Morgan fingerprint density at radius 2 is 1.84 bits per heavy atom. The number of benzene rings is 2. The van der Waals surface area contributed by atoms with E-state index in [4.69, 9.17) is 9.47 Å². The second-order valence-electron chi connectivity index (χ2n) is 7.13. The van der Waals surface area contributed by atoms with Gasteiger partial charge in [0, 0.05) is 12.6 Å². The van der Waals surface area contributed by atoms with E-state index in [2.05, 4.69) is 15.3 Å². The highest BCUT2D eigenvalue weighted by Crippen LogP contribution is 2.29. The van der Waals surface area contributed by atoms with Crippen LogP contribution in [0, 0.1) is 0 Å². The Morgan fingerprint density at radius 1 is 1.13 bits per heavy atom. The number of rotatable bonds is 10. The number of hydrogen-bond acceptors (Lipinski definition) is 6. The molecule has 1 aromatic heterocycles. The normalized spacial score (nSPS) is 11.0. The van der Waals surface area contributed by atoms with Crippen LogP contribution in [0.3, 0.4) is 0 Å². The van der Waals surface area contributed by atoms with E-state index in [1.165, 1.54) is 19.8 Å². The fourth-order valence-electron chi connectivity index (χ4n) is 3.33. The summed E-state index contributed by atoms with van der Waals surface area (Å²) >= 11 is 0. The standard InChI is InChI=1S/C23H28N4O4/c1-4-27(15-22(28)24-11-10-16-8-6-5-7-9-16)14-21-25-18-13-20(31-3)19(30-2)12-17(18)23(29)26-21/h5-9,12-13H,4,10-11,14-15H2,1-3H3,(H,24,28)(H,25,26,29). The Balaban J connectivity index is 1.65. The lowest BCUT2D eigenvalue weighted by molar-refractivity contribution is -0.122. The van der Waals surface area contributed by atoms with E-state index in [1.807, 2.05) is 42.2 Å². The molecule has 0 aliphatic carbocycles. The van der Waals surface area contributed by atoms with Gasteiger partial charge in [-0.1, -0.05) is 37.3 Å². The lowest BCUT2D eigenvalue weighted by Gasteiger charge is -2.19. The first kappa shape index (κ1) is 22.3. The smallest absolute Gasteiger partial charge is 0.258 e. The predicted molar refractivity (Wildman–Crippen MR) is 120 cm³/mol. The number of hydrogen-bond donors (Lipinski definition) is 2. The van der Waals surface area contributed by atoms with Crippen molar-refractivity contribution < 1.29 is 14.3 Å². The van der Waals surface area contributed by atoms with Crippen molar-refractivity contribution in [1.82, 2.24) is 20.2 Å². The van der Waals surface area contributed by atoms with Crippen LogP contribution in [0.25, 0.3) is 10.9 Å². The number of amides is 1. The first-order valence-electron chi connectivity index (χ1n) is 10.2. The number of nitrogens with zero attached hydrogens (tertiary/aromatic N) is 2. The van der Waals surface area contributed by atoms with Crippen LogP contribution >= 0.6 is 0 Å². The van der Waals surface area contributed by atoms with Crippen LogP contribution in [-0.4, -0.2) is 54.6 Å². The van der Waals surface area contributed by atoms with Crippen molar-refractivity contribution >= 4 is 16.8 Å². The molecular weight excluding hydrogens is 396 g/mol. The van der Waals surface area contributed by atoms with Crippen molar-refractivity contribution in [2.45, 2.75) is 19.9 Å². The van der Waals surface area contributed by atoms with Crippen molar-refractivity contribution in [3.8, 4) is 11.5 Å². The van der Waals surface area contributed by atoms with Gasteiger partial charge in [0.1, 0.15) is 5.82 Å². The summed E-state index contributed by atoms with van der Waals surface area (Å²) in [4.78, 5) is 34.2. The van der Waals surface area contributed by atoms with Gasteiger partial charge in [-0.25, -0.2) is 4.98 Å². The first-order valence-corrected chi connectivity index (χ1v) is 10.2. The third kappa shape index (κ3) is 5.82. The Bertz CT molecular complexity index is 1080. The number of carbonyl (C=O) groups is 1. The number of fused-ring (bicyclic) bond motifs is 1. The van der Waals surface area contributed by atoms with E-state index in [1.54, 1.807) is 12.1 Å². The summed E-state index contributed by atoms with van der Waals surface area (Å²) in [5.74, 6) is 1.40. The SMILES string of the molecule is CCN(CC(=O)NCCc1ccccc1)Cc1nc2cc(OC)c(OC)cc2c(=O)[nH]1. The van der Waals surface area contributed by atoms with Crippen LogP contribution in [0.15, 0.2) is 47.3 Å². The summed E-state index contributed by atoms with van der Waals surface area (Å²) in [6.07, 6.45) is 0.781. The predicted octanol–water partition coefficient (Wildman–Crippen LogP) is 2.12. The topological polar surface area (TPSA) is 96.6 Å². The fraction of sp³-hybridized carbons (Fsp3) is 0.348. The van der Waals surface area contributed by atoms with Gasteiger partial charge in [-0.15, -0.1) is 0 Å². The Hall–Kier alpha value is -3.39. The van der Waals surface area contributed by atoms with Crippen molar-refractivity contribution in [3.63, 3.8) is 0 Å². The Kier molecular flexibility index (Phi) is 7.61. The highest BCUT2D eigenvalue weighted by molar-refractivity contribution is 5.82. The molecule has 1 amide bonds. The molecule has 2 aromatic carbocycles. The summed E-state index contributed by atoms with van der Waals surface area (Å²) in [6, 6.07) is 13.3. The lowest BCUT2D eigenvalue weighted by Crippen LogP contribution is -2.38. The molecule has 164 valence electrons. The zero-order chi connectivity index (χ0) is 22.2. The van der Waals surface area contributed by atoms with Crippen molar-refractivity contribution in [1.29, 1.82) is 0 Å². The molecule has 0 spiro atoms. The molecular formula is C23H28N4O4. The lowest BCUT2D eigenvalue weighted by atomic mass is 10.1. The molecule has 0 saturated carbocycles. The zero-order valence-electron chi connectivity index (χ0n) is 18.1. The highest BCUT2D eigenvalue weighted by Gasteiger charge is 2.14. The molecule has 0 aliphatic heterocycles. The fourth-order valence-corrected chi connectivity index (χ4v) is 3.33. The van der Waals surface area contributed by atoms with E-state index in [-0.39, 0.29) is 18.0 Å². The minimum atomic E-state index is -0.260. The number of nitrogens with one attached hydrogen (secondary N) is 2. The molecule has 3 rings (SSSR count). The second-order valence-corrected chi connectivity index (χ2v) is 7.13. The zero-order valence-corrected chi connectivity index (χ0v) is 18.1. The van der Waals surface area contributed by atoms with E-state index >= 15 is 0 Å². The first-order chi connectivity index (χ1) is 15.0. The molecule has 0 aliphatic rings. The number of ether oxygens (including phenoxy) is 2. The summed E-state index contributed by atoms with van der Waals surface area (Å²) in [7, 11) is 3.05. The molecule has 0 atom stereocenters. The molecule has 8 nitrogen and oxygen atoms in total. The molecule has 2 N–H and O–H groups in total. The molecule has 0 radical (unpaired) electrons. The van der Waals surface area contributed by atoms with Gasteiger partial charge in [-0.2, -0.15) is 0 Å². The molecule has 0 unspecified atom stereocenters. The minimum absolute atomic E-state index is 0.0627. The molecule has 8 heteroatoms. The highest BCUT2D eigenvalue weighted by atomic mass is 16.5. The van der Waals surface area contributed by atoms with Gasteiger partial charge >= 0.3 is 0 Å². The molecule has 1 heterocycles. The van der Waals surface area contributed by atoms with Crippen molar-refractivity contribution in [2.75, 3.05) is 33.9 Å². The van der Waals surface area contributed by atoms with E-state index in [9.17, 15) is 9.59 Å². The third-order valence-electron chi connectivity index (χ3n) is 5.03. The number of likely N-dealkylation sites (N-methyl/N-ethyl adjacent to an activating group) is 1. The van der Waals surface area contributed by atoms with Crippen molar-refractivity contribution in [2.24, 2.45) is 0 Å². The molecule has 31 heavy (non-hydrogen) atoms. The van der Waals surface area contributed by atoms with Crippen LogP contribution in [0.5, 0.6) is 11.5 Å². The van der Waals surface area contributed by atoms with Crippen LogP contribution < -0.4 is 20.3 Å². The van der Waals surface area contributed by atoms with E-state index in [0.717, 1.165) is 6.42 Å². The monoisotopic (exact) mass is 424 g/mol. The third-order valence-corrected chi connectivity index (χ3v) is 5.03. The Morgan fingerprint density at radius 3 is 2.52 bits per heavy atom. The summed E-state index contributed by atoms with van der Waals surface area (Å²) in [5, 5.41) is 3.37. The van der Waals surface area contributed by atoms with Gasteiger partial charge in [-0.3, -0.25) is 14.5 Å². The van der Waals surface area contributed by atoms with Crippen LogP contribution in [0.1, 0.15) is 18.3 Å². The summed E-state index contributed by atoms with van der Waals surface area (Å²) < 4.78 is 10.6. The number of H-pyrrole nitrogens is 1. The minimum Gasteiger partial charge on any atom is -0.493 e. The average molecular weight is 425 g/mol. The van der Waals surface area contributed by atoms with Gasteiger partial charge in [0.15, 0.2) is 11.5 Å². The maximum absolute atomic E-state index is 12.5. The van der Waals surface area contributed by atoms with E-state index < -0.39 is 0 Å². The maximum Gasteiger partial charge on any atom is 0.258 e. The number of methoxy groups -OCH3 is 2. The molecule has 0 fully saturated rings. The van der Waals surface area contributed by atoms with Crippen molar-refractivity contribution in [3.05, 3.63) is 64.2 Å². The van der Waals surface area contributed by atoms with Gasteiger partial charge in [-0.05, 0) is 24.6 Å². The summed E-state index contributed by atoms with van der Waals surface area (Å²) in [5.41, 5.74) is 1.43. The quantitative estimate of drug-likeness (QED) is 0.518. The second kappa shape index (κ2) is 10.6. The molecule has 0 saturated heterocycles. The van der Waals surface area contributed by atoms with Gasteiger partial charge in [0.05, 0.1) is 38.2 Å². The van der Waals surface area contributed by atoms with Gasteiger partial charge < -0.3 is 19.8 Å². The summed E-state index contributed by atoms with van der Waals surface area (Å²) in [6.45, 7) is 3.75. The average Bonchev–Trinajstić information content (AvgIpc) is 2.78. The van der Waals surface area contributed by atoms with Gasteiger partial charge in [0.2, 0.25) is 5.91 Å². The number of aromatic nitrogens is 2. The van der Waals surface area contributed by atoms with Gasteiger partial charge in [0.25, 0.3) is 5.56 Å². The van der Waals surface area contributed by atoms with Crippen LogP contribution in [0.2, 0.25) is 0 Å². The van der Waals surface area contributed by atoms with Crippen LogP contribution in [0.4, 0.5) is 0 Å².